The minimum Gasteiger partial charge on any atom is -0.481 e. The average Bonchev–Trinajstić information content (AvgIpc) is 2.72. The lowest BCUT2D eigenvalue weighted by atomic mass is 9.98. The number of nitrogens with one attached hydrogen (secondary N) is 1. The highest BCUT2D eigenvalue weighted by Crippen LogP contribution is 2.22. The van der Waals surface area contributed by atoms with Crippen molar-refractivity contribution >= 4 is 5.91 Å². The van der Waals surface area contributed by atoms with E-state index in [2.05, 4.69) is 5.32 Å². The lowest BCUT2D eigenvalue weighted by Crippen LogP contribution is -2.40. The highest BCUT2D eigenvalue weighted by atomic mass is 16.5. The molecule has 3 rings (SSSR count). The van der Waals surface area contributed by atoms with Gasteiger partial charge in [0.25, 0.3) is 5.91 Å². The van der Waals surface area contributed by atoms with Crippen molar-refractivity contribution in [3.63, 3.8) is 0 Å². The molecular formula is C23H23NO2. The van der Waals surface area contributed by atoms with E-state index in [1.165, 1.54) is 0 Å². The first-order valence-electron chi connectivity index (χ1n) is 8.90. The number of hydrogen-bond acceptors (Lipinski definition) is 2. The van der Waals surface area contributed by atoms with E-state index >= 15 is 0 Å². The second-order valence-corrected chi connectivity index (χ2v) is 6.09. The van der Waals surface area contributed by atoms with Crippen molar-refractivity contribution < 1.29 is 9.53 Å². The average molecular weight is 345 g/mol. The van der Waals surface area contributed by atoms with Crippen molar-refractivity contribution in [1.29, 1.82) is 0 Å². The molecule has 0 spiro atoms. The fourth-order valence-electron chi connectivity index (χ4n) is 2.87. The van der Waals surface area contributed by atoms with Crippen LogP contribution in [0, 0.1) is 0 Å². The minimum atomic E-state index is -0.535. The molecule has 0 unspecified atom stereocenters. The summed E-state index contributed by atoms with van der Waals surface area (Å²) >= 11 is 0. The van der Waals surface area contributed by atoms with Gasteiger partial charge in [0.1, 0.15) is 5.75 Å². The molecule has 26 heavy (non-hydrogen) atoms. The Labute approximate surface area is 154 Å². The molecule has 0 aliphatic rings. The van der Waals surface area contributed by atoms with E-state index in [4.69, 9.17) is 4.74 Å². The Balaban J connectivity index is 1.80. The Kier molecular flexibility index (Phi) is 6.05. The van der Waals surface area contributed by atoms with Crippen LogP contribution in [0.4, 0.5) is 0 Å². The van der Waals surface area contributed by atoms with Gasteiger partial charge in [-0.25, -0.2) is 0 Å². The topological polar surface area (TPSA) is 38.3 Å². The third kappa shape index (κ3) is 4.51. The highest BCUT2D eigenvalue weighted by molar-refractivity contribution is 5.82. The van der Waals surface area contributed by atoms with Gasteiger partial charge in [0.15, 0.2) is 6.10 Å². The number of hydrogen-bond donors (Lipinski definition) is 1. The van der Waals surface area contributed by atoms with Crippen LogP contribution in [0.15, 0.2) is 91.0 Å². The monoisotopic (exact) mass is 345 g/mol. The summed E-state index contributed by atoms with van der Waals surface area (Å²) in [5, 5.41) is 3.16. The van der Waals surface area contributed by atoms with Gasteiger partial charge in [0.05, 0.1) is 6.04 Å². The molecule has 0 saturated heterocycles. The molecule has 1 N–H and O–H groups in total. The molecule has 0 fully saturated rings. The van der Waals surface area contributed by atoms with Crippen LogP contribution in [-0.2, 0) is 4.79 Å². The third-order valence-corrected chi connectivity index (χ3v) is 4.24. The number of para-hydroxylation sites is 1. The highest BCUT2D eigenvalue weighted by Gasteiger charge is 2.23. The molecule has 0 radical (unpaired) electrons. The Bertz CT molecular complexity index is 764. The largest absolute Gasteiger partial charge is 0.481 e. The molecule has 0 bridgehead atoms. The zero-order valence-corrected chi connectivity index (χ0v) is 14.8. The van der Waals surface area contributed by atoms with Gasteiger partial charge in [0, 0.05) is 0 Å². The van der Waals surface area contributed by atoms with E-state index in [9.17, 15) is 4.79 Å². The molecule has 0 heterocycles. The first kappa shape index (κ1) is 17.7. The smallest absolute Gasteiger partial charge is 0.261 e. The molecule has 3 aromatic carbocycles. The van der Waals surface area contributed by atoms with Crippen molar-refractivity contribution in [2.45, 2.75) is 25.5 Å². The zero-order valence-electron chi connectivity index (χ0n) is 14.8. The minimum absolute atomic E-state index is 0.117. The molecule has 0 aromatic heterocycles. The van der Waals surface area contributed by atoms with Crippen molar-refractivity contribution in [3.05, 3.63) is 102 Å². The summed E-state index contributed by atoms with van der Waals surface area (Å²) in [6.07, 6.45) is 0.0594. The number of amides is 1. The van der Waals surface area contributed by atoms with Crippen LogP contribution in [-0.4, -0.2) is 12.0 Å². The standard InChI is InChI=1S/C23H23NO2/c1-2-21(26-20-16-10-5-11-17-20)23(25)24-22(18-12-6-3-7-13-18)19-14-8-4-9-15-19/h3-17,21-22H,2H2,1H3,(H,24,25)/t21-/m0/s1. The quantitative estimate of drug-likeness (QED) is 0.671. The summed E-state index contributed by atoms with van der Waals surface area (Å²) < 4.78 is 5.89. The zero-order chi connectivity index (χ0) is 18.2. The van der Waals surface area contributed by atoms with Gasteiger partial charge >= 0.3 is 0 Å². The lowest BCUT2D eigenvalue weighted by Gasteiger charge is -2.23. The number of benzene rings is 3. The molecule has 3 aromatic rings. The molecule has 0 saturated carbocycles. The van der Waals surface area contributed by atoms with Gasteiger partial charge in [0.2, 0.25) is 0 Å². The van der Waals surface area contributed by atoms with E-state index in [1.54, 1.807) is 0 Å². The number of carbonyl (C=O) groups excluding carboxylic acids is 1. The Morgan fingerprint density at radius 3 is 1.73 bits per heavy atom. The summed E-state index contributed by atoms with van der Waals surface area (Å²) in [6, 6.07) is 29.2. The fourth-order valence-corrected chi connectivity index (χ4v) is 2.87. The van der Waals surface area contributed by atoms with E-state index in [1.807, 2.05) is 97.9 Å². The van der Waals surface area contributed by atoms with Crippen LogP contribution in [0.3, 0.4) is 0 Å². The summed E-state index contributed by atoms with van der Waals surface area (Å²) in [4.78, 5) is 12.9. The van der Waals surface area contributed by atoms with Crippen LogP contribution in [0.2, 0.25) is 0 Å². The van der Waals surface area contributed by atoms with Crippen molar-refractivity contribution in [2.75, 3.05) is 0 Å². The summed E-state index contributed by atoms with van der Waals surface area (Å²) in [6.45, 7) is 1.95. The summed E-state index contributed by atoms with van der Waals surface area (Å²) in [5.41, 5.74) is 2.09. The maximum Gasteiger partial charge on any atom is 0.261 e. The lowest BCUT2D eigenvalue weighted by molar-refractivity contribution is -0.128. The Morgan fingerprint density at radius 1 is 0.808 bits per heavy atom. The molecule has 3 nitrogen and oxygen atoms in total. The second-order valence-electron chi connectivity index (χ2n) is 6.09. The van der Waals surface area contributed by atoms with Gasteiger partial charge in [-0.1, -0.05) is 85.8 Å². The van der Waals surface area contributed by atoms with Crippen LogP contribution in [0.1, 0.15) is 30.5 Å². The normalized spacial score (nSPS) is 11.8. The SMILES string of the molecule is CC[C@H](Oc1ccccc1)C(=O)NC(c1ccccc1)c1ccccc1. The fraction of sp³-hybridized carbons (Fsp3) is 0.174. The maximum atomic E-state index is 12.9. The predicted octanol–water partition coefficient (Wildman–Crippen LogP) is 4.75. The van der Waals surface area contributed by atoms with Gasteiger partial charge < -0.3 is 10.1 Å². The third-order valence-electron chi connectivity index (χ3n) is 4.24. The summed E-state index contributed by atoms with van der Waals surface area (Å²) in [7, 11) is 0. The second kappa shape index (κ2) is 8.86. The molecule has 0 aliphatic carbocycles. The van der Waals surface area contributed by atoms with Crippen LogP contribution in [0.5, 0.6) is 5.75 Å². The Morgan fingerprint density at radius 2 is 1.27 bits per heavy atom. The van der Waals surface area contributed by atoms with E-state index in [0.717, 1.165) is 11.1 Å². The van der Waals surface area contributed by atoms with E-state index in [0.29, 0.717) is 12.2 Å². The van der Waals surface area contributed by atoms with Crippen molar-refractivity contribution in [3.8, 4) is 5.75 Å². The van der Waals surface area contributed by atoms with E-state index < -0.39 is 6.10 Å². The first-order chi connectivity index (χ1) is 12.8. The van der Waals surface area contributed by atoms with Crippen LogP contribution >= 0.6 is 0 Å². The van der Waals surface area contributed by atoms with Crippen LogP contribution in [0.25, 0.3) is 0 Å². The van der Waals surface area contributed by atoms with E-state index in [-0.39, 0.29) is 11.9 Å². The molecule has 1 atom stereocenters. The number of carbonyl (C=O) groups is 1. The Hall–Kier alpha value is -3.07. The number of ether oxygens (including phenoxy) is 1. The van der Waals surface area contributed by atoms with Crippen LogP contribution < -0.4 is 10.1 Å². The predicted molar refractivity (Wildman–Crippen MR) is 104 cm³/mol. The van der Waals surface area contributed by atoms with Crippen molar-refractivity contribution in [2.24, 2.45) is 0 Å². The molecule has 3 heteroatoms. The molecule has 1 amide bonds. The van der Waals surface area contributed by atoms with Gasteiger partial charge in [-0.2, -0.15) is 0 Å². The molecular weight excluding hydrogens is 322 g/mol. The van der Waals surface area contributed by atoms with Crippen molar-refractivity contribution in [1.82, 2.24) is 5.32 Å². The first-order valence-corrected chi connectivity index (χ1v) is 8.90. The molecule has 0 aliphatic heterocycles. The molecule has 132 valence electrons. The number of rotatable bonds is 7. The van der Waals surface area contributed by atoms with Gasteiger partial charge in [-0.05, 0) is 29.7 Å². The summed E-state index contributed by atoms with van der Waals surface area (Å²) in [5.74, 6) is 0.583. The van der Waals surface area contributed by atoms with Gasteiger partial charge in [-0.15, -0.1) is 0 Å². The maximum absolute atomic E-state index is 12.9. The van der Waals surface area contributed by atoms with Gasteiger partial charge in [-0.3, -0.25) is 4.79 Å².